The van der Waals surface area contributed by atoms with Crippen molar-refractivity contribution in [3.8, 4) is 0 Å². The number of fused-ring (bicyclic) bond motifs is 1. The van der Waals surface area contributed by atoms with E-state index in [-0.39, 0.29) is 34.2 Å². The van der Waals surface area contributed by atoms with Gasteiger partial charge < -0.3 is 14.5 Å². The van der Waals surface area contributed by atoms with Crippen molar-refractivity contribution in [3.63, 3.8) is 0 Å². The Kier molecular flexibility index (Phi) is 4.79. The fourth-order valence-electron chi connectivity index (χ4n) is 5.96. The van der Waals surface area contributed by atoms with Crippen LogP contribution in [0, 0.1) is 5.41 Å². The molecule has 2 aliphatic carbocycles. The third-order valence-corrected chi connectivity index (χ3v) is 8.94. The van der Waals surface area contributed by atoms with Crippen LogP contribution in [-0.2, 0) is 14.3 Å². The highest BCUT2D eigenvalue weighted by atomic mass is 32.2. The Morgan fingerprint density at radius 1 is 1.31 bits per heavy atom. The average Bonchev–Trinajstić information content (AvgIpc) is 3.14. The number of carbonyl (C=O) groups is 2. The average molecular weight is 381 g/mol. The summed E-state index contributed by atoms with van der Waals surface area (Å²) < 4.78 is 6.05. The molecule has 4 aliphatic rings. The number of thioether (sulfide) groups is 1. The maximum absolute atomic E-state index is 13.4. The minimum Gasteiger partial charge on any atom is -0.378 e. The van der Waals surface area contributed by atoms with Crippen molar-refractivity contribution in [2.24, 2.45) is 5.41 Å². The van der Waals surface area contributed by atoms with E-state index in [1.807, 2.05) is 16.8 Å². The van der Waals surface area contributed by atoms with E-state index >= 15 is 0 Å². The van der Waals surface area contributed by atoms with Gasteiger partial charge in [-0.15, -0.1) is 11.8 Å². The Bertz CT molecular complexity index is 592. The molecule has 2 heterocycles. The maximum atomic E-state index is 13.4. The molecule has 146 valence electrons. The zero-order valence-electron chi connectivity index (χ0n) is 16.3. The summed E-state index contributed by atoms with van der Waals surface area (Å²) in [6, 6.07) is -0.0156. The Labute approximate surface area is 161 Å². The maximum Gasteiger partial charge on any atom is 0.246 e. The van der Waals surface area contributed by atoms with Gasteiger partial charge in [-0.2, -0.15) is 0 Å². The lowest BCUT2D eigenvalue weighted by molar-refractivity contribution is -0.187. The molecule has 4 fully saturated rings. The molecule has 5 nitrogen and oxygen atoms in total. The van der Waals surface area contributed by atoms with Crippen LogP contribution in [0.1, 0.15) is 65.2 Å². The lowest BCUT2D eigenvalue weighted by atomic mass is 9.54. The third-order valence-electron chi connectivity index (χ3n) is 7.44. The second-order valence-corrected chi connectivity index (χ2v) is 10.2. The number of ether oxygens (including phenoxy) is 1. The van der Waals surface area contributed by atoms with Crippen LogP contribution in [0.3, 0.4) is 0 Å². The largest absolute Gasteiger partial charge is 0.378 e. The highest BCUT2D eigenvalue weighted by Crippen LogP contribution is 2.55. The predicted molar refractivity (Wildman–Crippen MR) is 103 cm³/mol. The lowest BCUT2D eigenvalue weighted by Crippen LogP contribution is -2.67. The van der Waals surface area contributed by atoms with E-state index in [9.17, 15) is 9.59 Å². The summed E-state index contributed by atoms with van der Waals surface area (Å²) in [5.74, 6) is 1.03. The van der Waals surface area contributed by atoms with Crippen molar-refractivity contribution in [2.45, 2.75) is 88.3 Å². The quantitative estimate of drug-likeness (QED) is 0.752. The van der Waals surface area contributed by atoms with Crippen LogP contribution in [-0.4, -0.2) is 64.1 Å². The number of rotatable bonds is 4. The summed E-state index contributed by atoms with van der Waals surface area (Å²) in [4.78, 5) is 29.5. The van der Waals surface area contributed by atoms with Gasteiger partial charge in [0.2, 0.25) is 11.8 Å². The first-order valence-corrected chi connectivity index (χ1v) is 11.3. The van der Waals surface area contributed by atoms with Crippen LogP contribution in [0.4, 0.5) is 0 Å². The molecule has 0 radical (unpaired) electrons. The van der Waals surface area contributed by atoms with E-state index in [0.29, 0.717) is 12.5 Å². The molecule has 0 bridgehead atoms. The molecule has 2 amide bonds. The normalized spacial score (nSPS) is 38.3. The first kappa shape index (κ1) is 18.6. The van der Waals surface area contributed by atoms with Crippen molar-refractivity contribution in [1.29, 1.82) is 0 Å². The monoisotopic (exact) mass is 380 g/mol. The zero-order chi connectivity index (χ0) is 18.5. The van der Waals surface area contributed by atoms with E-state index in [1.54, 1.807) is 11.8 Å². The van der Waals surface area contributed by atoms with E-state index in [4.69, 9.17) is 4.74 Å². The number of hydrogen-bond acceptors (Lipinski definition) is 4. The third kappa shape index (κ3) is 2.62. The van der Waals surface area contributed by atoms with Gasteiger partial charge in [-0.3, -0.25) is 9.59 Å². The molecule has 2 aliphatic heterocycles. The fourth-order valence-corrected chi connectivity index (χ4v) is 7.39. The van der Waals surface area contributed by atoms with Gasteiger partial charge in [-0.1, -0.05) is 19.3 Å². The van der Waals surface area contributed by atoms with Crippen molar-refractivity contribution in [3.05, 3.63) is 0 Å². The smallest absolute Gasteiger partial charge is 0.246 e. The molecule has 1 spiro atoms. The number of carbonyl (C=O) groups excluding carboxylic acids is 2. The molecule has 0 aromatic carbocycles. The van der Waals surface area contributed by atoms with Crippen molar-refractivity contribution < 1.29 is 14.3 Å². The summed E-state index contributed by atoms with van der Waals surface area (Å²) >= 11 is 1.78. The Morgan fingerprint density at radius 2 is 2.04 bits per heavy atom. The Morgan fingerprint density at radius 3 is 2.73 bits per heavy atom. The number of hydrogen-bond donors (Lipinski definition) is 0. The van der Waals surface area contributed by atoms with Gasteiger partial charge >= 0.3 is 0 Å². The van der Waals surface area contributed by atoms with Gasteiger partial charge in [0.25, 0.3) is 0 Å². The minimum absolute atomic E-state index is 0.140. The van der Waals surface area contributed by atoms with E-state index in [0.717, 1.165) is 25.2 Å². The van der Waals surface area contributed by atoms with Crippen LogP contribution in [0.5, 0.6) is 0 Å². The number of amides is 2. The van der Waals surface area contributed by atoms with E-state index < -0.39 is 0 Å². The van der Waals surface area contributed by atoms with Gasteiger partial charge in [-0.25, -0.2) is 0 Å². The van der Waals surface area contributed by atoms with E-state index in [2.05, 4.69) is 13.8 Å². The summed E-state index contributed by atoms with van der Waals surface area (Å²) in [6.45, 7) is 4.93. The Hall–Kier alpha value is -0.750. The van der Waals surface area contributed by atoms with Crippen LogP contribution in [0.25, 0.3) is 0 Å². The molecule has 2 saturated carbocycles. The second-order valence-electron chi connectivity index (χ2n) is 8.70. The summed E-state index contributed by atoms with van der Waals surface area (Å²) in [5, 5.41) is 0. The molecule has 6 heteroatoms. The minimum atomic E-state index is -0.281. The van der Waals surface area contributed by atoms with Crippen molar-refractivity contribution in [2.75, 3.05) is 19.4 Å². The summed E-state index contributed by atoms with van der Waals surface area (Å²) in [5.41, 5.74) is 0.142. The van der Waals surface area contributed by atoms with Crippen molar-refractivity contribution in [1.82, 2.24) is 9.80 Å². The number of likely N-dealkylation sites (N-methyl/N-ethyl adjacent to an activating group) is 1. The first-order valence-electron chi connectivity index (χ1n) is 10.3. The SMILES string of the molecule is CCO[C@@H]1C[C@H](N(C)C(=O)[C@@H]2CS[C@@]3(C)CCC(=O)N23)C12CCCCC2. The standard InChI is InChI=1S/C20H32N2O3S/c1-4-25-16-12-15(20(16)9-6-5-7-10-20)21(3)18(24)14-13-26-19(2)11-8-17(23)22(14)19/h14-16H,4-13H2,1-3H3/t14-,15-,16+,19-/m0/s1. The molecule has 4 rings (SSSR count). The highest BCUT2D eigenvalue weighted by Gasteiger charge is 2.60. The fraction of sp³-hybridized carbons (Fsp3) is 0.900. The molecular formula is C20H32N2O3S. The summed E-state index contributed by atoms with van der Waals surface area (Å²) in [6.07, 6.45) is 8.80. The van der Waals surface area contributed by atoms with Gasteiger partial charge in [0.05, 0.1) is 11.0 Å². The topological polar surface area (TPSA) is 49.9 Å². The number of nitrogens with zero attached hydrogens (tertiary/aromatic N) is 2. The summed E-state index contributed by atoms with van der Waals surface area (Å²) in [7, 11) is 1.96. The van der Waals surface area contributed by atoms with Crippen molar-refractivity contribution >= 4 is 23.6 Å². The van der Waals surface area contributed by atoms with Crippen LogP contribution in [0.2, 0.25) is 0 Å². The van der Waals surface area contributed by atoms with Gasteiger partial charge in [0, 0.05) is 37.3 Å². The van der Waals surface area contributed by atoms with Crippen LogP contribution in [0.15, 0.2) is 0 Å². The van der Waals surface area contributed by atoms with Gasteiger partial charge in [0.15, 0.2) is 0 Å². The molecule has 2 saturated heterocycles. The first-order chi connectivity index (χ1) is 12.4. The van der Waals surface area contributed by atoms with E-state index in [1.165, 1.54) is 32.1 Å². The molecule has 0 unspecified atom stereocenters. The predicted octanol–water partition coefficient (Wildman–Crippen LogP) is 3.03. The molecule has 0 aromatic heterocycles. The zero-order valence-corrected chi connectivity index (χ0v) is 17.1. The van der Waals surface area contributed by atoms with Gasteiger partial charge in [0.1, 0.15) is 6.04 Å². The van der Waals surface area contributed by atoms with Crippen LogP contribution < -0.4 is 0 Å². The molecular weight excluding hydrogens is 348 g/mol. The molecule has 4 atom stereocenters. The Balaban J connectivity index is 1.51. The lowest BCUT2D eigenvalue weighted by Gasteiger charge is -2.60. The van der Waals surface area contributed by atoms with Crippen LogP contribution >= 0.6 is 11.8 Å². The highest BCUT2D eigenvalue weighted by molar-refractivity contribution is 8.01. The molecule has 0 N–H and O–H groups in total. The molecule has 0 aromatic rings. The molecule has 26 heavy (non-hydrogen) atoms. The second kappa shape index (κ2) is 6.69. The van der Waals surface area contributed by atoms with Gasteiger partial charge in [-0.05, 0) is 39.5 Å².